The van der Waals surface area contributed by atoms with Crippen LogP contribution in [0.4, 0.5) is 0 Å². The minimum Gasteiger partial charge on any atom is -0.789 e. The zero-order valence-electron chi connectivity index (χ0n) is 22.0. The molecule has 0 saturated carbocycles. The first-order chi connectivity index (χ1) is 15.9. The largest absolute Gasteiger partial charge is 0.789 e. The third-order valence-electron chi connectivity index (χ3n) is 4.09. The molecular formula is C26H40NiO2S6-4. The molecular weight excluding hydrogens is 595 g/mol. The molecule has 0 saturated heterocycles. The Kier molecular flexibility index (Phi) is 22.9. The monoisotopic (exact) mass is 634 g/mol. The van der Waals surface area contributed by atoms with E-state index in [1.54, 1.807) is 23.5 Å². The molecule has 0 unspecified atom stereocenters. The first-order valence-electron chi connectivity index (χ1n) is 11.7. The van der Waals surface area contributed by atoms with Gasteiger partial charge in [-0.2, -0.15) is 36.9 Å². The summed E-state index contributed by atoms with van der Waals surface area (Å²) in [5, 5.41) is 2.57. The van der Waals surface area contributed by atoms with E-state index in [0.717, 1.165) is 38.4 Å². The van der Waals surface area contributed by atoms with Crippen LogP contribution in [-0.4, -0.2) is 23.7 Å². The molecule has 0 N–H and O–H groups in total. The minimum absolute atomic E-state index is 0. The summed E-state index contributed by atoms with van der Waals surface area (Å²) in [6, 6.07) is 5.78. The Labute approximate surface area is 255 Å². The van der Waals surface area contributed by atoms with Gasteiger partial charge in [0, 0.05) is 27.0 Å². The van der Waals surface area contributed by atoms with Gasteiger partial charge in [0.1, 0.15) is 11.5 Å². The van der Waals surface area contributed by atoms with E-state index < -0.39 is 0 Å². The van der Waals surface area contributed by atoms with Crippen molar-refractivity contribution >= 4 is 78.9 Å². The van der Waals surface area contributed by atoms with Crippen LogP contribution < -0.4 is 9.47 Å². The van der Waals surface area contributed by atoms with Crippen molar-refractivity contribution in [2.75, 3.05) is 13.2 Å². The first-order valence-corrected chi connectivity index (χ1v) is 15.1. The maximum atomic E-state index is 5.86. The van der Waals surface area contributed by atoms with E-state index in [2.05, 4.69) is 55.4 Å². The van der Waals surface area contributed by atoms with Gasteiger partial charge in [0.25, 0.3) is 0 Å². The quantitative estimate of drug-likeness (QED) is 0.157. The van der Waals surface area contributed by atoms with Gasteiger partial charge in [-0.3, -0.25) is 0 Å². The fourth-order valence-electron chi connectivity index (χ4n) is 2.32. The van der Waals surface area contributed by atoms with Crippen LogP contribution in [0.5, 0.6) is 11.5 Å². The molecule has 0 bridgehead atoms. The molecule has 0 aliphatic heterocycles. The van der Waals surface area contributed by atoms with Gasteiger partial charge in [0.15, 0.2) is 0 Å². The molecule has 35 heavy (non-hydrogen) atoms. The van der Waals surface area contributed by atoms with Crippen LogP contribution in [0.2, 0.25) is 0 Å². The van der Waals surface area contributed by atoms with Gasteiger partial charge in [-0.1, -0.05) is 55.4 Å². The second kappa shape index (κ2) is 21.3. The molecule has 0 radical (unpaired) electrons. The average Bonchev–Trinajstić information content (AvgIpc) is 2.73. The van der Waals surface area contributed by atoms with Crippen molar-refractivity contribution < 1.29 is 26.0 Å². The van der Waals surface area contributed by atoms with Gasteiger partial charge in [-0.25, -0.2) is 5.41 Å². The molecule has 0 aliphatic carbocycles. The summed E-state index contributed by atoms with van der Waals surface area (Å²) in [7, 11) is 0. The molecule has 1 aromatic carbocycles. The summed E-state index contributed by atoms with van der Waals surface area (Å²) < 4.78 is 13.4. The number of benzene rings is 1. The molecule has 0 spiro atoms. The Balaban J connectivity index is 0. The van der Waals surface area contributed by atoms with Crippen LogP contribution >= 0.6 is 23.5 Å². The van der Waals surface area contributed by atoms with Gasteiger partial charge < -0.3 is 60.0 Å². The van der Waals surface area contributed by atoms with Gasteiger partial charge in [0.2, 0.25) is 0 Å². The summed E-state index contributed by atoms with van der Waals surface area (Å²) >= 11 is 24.0. The smallest absolute Gasteiger partial charge is 0.125 e. The molecule has 0 atom stereocenters. The molecule has 1 aromatic rings. The second-order valence-corrected chi connectivity index (χ2v) is 14.3. The van der Waals surface area contributed by atoms with Gasteiger partial charge in [0.05, 0.1) is 13.2 Å². The summed E-state index contributed by atoms with van der Waals surface area (Å²) in [4.78, 5) is 0.615. The van der Waals surface area contributed by atoms with Crippen LogP contribution in [0, 0.1) is 11.8 Å². The Bertz CT molecular complexity index is 746. The molecule has 9 heteroatoms. The average molecular weight is 636 g/mol. The molecule has 0 aromatic heterocycles. The van der Waals surface area contributed by atoms with E-state index in [0.29, 0.717) is 40.5 Å². The van der Waals surface area contributed by atoms with Gasteiger partial charge in [-0.05, 0) is 48.4 Å². The standard InChI is InChI=1S/C18H28O2S2.C8H16S4.Ni/c1-13(2)7-9-19-15-5-6-17(20-10-8-14(3)4)16(11-15)18(22)12-21;1-5(2)11-7(9)8(10)12-6(3)4;/h5-6,11-14,21-22H,7-10H2,1-4H3;5-6,9-10H,1-4H3;/p-4/b18-12-;8-7-;. The summed E-state index contributed by atoms with van der Waals surface area (Å²) in [5.74, 6) is 2.83. The second-order valence-electron chi connectivity index (χ2n) is 9.11. The van der Waals surface area contributed by atoms with Crippen LogP contribution in [0.1, 0.15) is 73.8 Å². The number of ether oxygens (including phenoxy) is 2. The molecule has 0 fully saturated rings. The van der Waals surface area contributed by atoms with E-state index in [1.165, 1.54) is 5.41 Å². The van der Waals surface area contributed by atoms with E-state index in [9.17, 15) is 0 Å². The number of hydrogen-bond donors (Lipinski definition) is 0. The van der Waals surface area contributed by atoms with E-state index in [4.69, 9.17) is 60.0 Å². The number of rotatable bonds is 13. The van der Waals surface area contributed by atoms with Crippen LogP contribution in [0.3, 0.4) is 0 Å². The molecule has 206 valence electrons. The Morgan fingerprint density at radius 2 is 1.26 bits per heavy atom. The van der Waals surface area contributed by atoms with Crippen molar-refractivity contribution in [3.8, 4) is 11.5 Å². The predicted octanol–water partition coefficient (Wildman–Crippen LogP) is 8.42. The molecule has 0 amide bonds. The fourth-order valence-corrected chi connectivity index (χ4v) is 5.39. The van der Waals surface area contributed by atoms with E-state index >= 15 is 0 Å². The number of hydrogen-bond acceptors (Lipinski definition) is 8. The fraction of sp³-hybridized carbons (Fsp3) is 0.615. The van der Waals surface area contributed by atoms with Crippen molar-refractivity contribution in [1.82, 2.24) is 0 Å². The van der Waals surface area contributed by atoms with Crippen LogP contribution in [0.15, 0.2) is 32.1 Å². The summed E-state index contributed by atoms with van der Waals surface area (Å²) in [6.07, 6.45) is 2.04. The zero-order chi connectivity index (χ0) is 26.3. The van der Waals surface area contributed by atoms with Crippen molar-refractivity contribution in [3.63, 3.8) is 0 Å². The van der Waals surface area contributed by atoms with E-state index in [1.807, 2.05) is 18.2 Å². The Morgan fingerprint density at radius 1 is 0.800 bits per heavy atom. The SMILES string of the molecule is CC(C)CCOc1ccc(OCCC(C)C)c(/C([S-])=C/[S-])c1.CC(C)S/C([S-])=C(/[S-])SC(C)C.[Ni]. The van der Waals surface area contributed by atoms with Gasteiger partial charge in [-0.15, -0.1) is 0 Å². The Morgan fingerprint density at radius 3 is 1.66 bits per heavy atom. The number of thioether (sulfide) groups is 2. The third-order valence-corrected chi connectivity index (χ3v) is 8.10. The summed E-state index contributed by atoms with van der Waals surface area (Å²) in [6.45, 7) is 18.6. The van der Waals surface area contributed by atoms with E-state index in [-0.39, 0.29) is 16.5 Å². The van der Waals surface area contributed by atoms with Crippen molar-refractivity contribution in [3.05, 3.63) is 37.6 Å². The zero-order valence-corrected chi connectivity index (χ0v) is 27.9. The normalized spacial score (nSPS) is 12.3. The van der Waals surface area contributed by atoms with Crippen molar-refractivity contribution in [2.24, 2.45) is 11.8 Å². The molecule has 0 heterocycles. The van der Waals surface area contributed by atoms with Crippen molar-refractivity contribution in [2.45, 2.75) is 78.7 Å². The van der Waals surface area contributed by atoms with Crippen LogP contribution in [0.25, 0.3) is 4.91 Å². The van der Waals surface area contributed by atoms with Crippen LogP contribution in [-0.2, 0) is 67.0 Å². The predicted molar refractivity (Wildman–Crippen MR) is 166 cm³/mol. The Hall–Kier alpha value is 0.374. The molecule has 2 nitrogen and oxygen atoms in total. The topological polar surface area (TPSA) is 18.5 Å². The van der Waals surface area contributed by atoms with Gasteiger partial charge >= 0.3 is 0 Å². The molecule has 0 aliphatic rings. The maximum Gasteiger partial charge on any atom is 0.125 e. The molecule has 1 rings (SSSR count). The van der Waals surface area contributed by atoms with Crippen molar-refractivity contribution in [1.29, 1.82) is 0 Å². The minimum atomic E-state index is 0. The third kappa shape index (κ3) is 19.1. The summed E-state index contributed by atoms with van der Waals surface area (Å²) in [5.41, 5.74) is 0.843. The first kappa shape index (κ1) is 37.5. The maximum absolute atomic E-state index is 5.86.